The standard InChI is InChI=1S/C12H14ClF3N2O/c1-8(3-2-6-13)18-11(19)10-5-4-9(7-17-10)12(14,15)16/h4-5,7-8H,2-3,6H2,1H3,(H,18,19). The van der Waals surface area contributed by atoms with Gasteiger partial charge in [-0.3, -0.25) is 9.78 Å². The second-order valence-corrected chi connectivity index (χ2v) is 4.51. The quantitative estimate of drug-likeness (QED) is 0.847. The fraction of sp³-hybridized carbons (Fsp3) is 0.500. The normalized spacial score (nSPS) is 13.1. The minimum atomic E-state index is -4.45. The Kier molecular flexibility index (Phi) is 5.60. The van der Waals surface area contributed by atoms with Gasteiger partial charge in [-0.15, -0.1) is 11.6 Å². The number of nitrogens with one attached hydrogen (secondary N) is 1. The van der Waals surface area contributed by atoms with Crippen molar-refractivity contribution < 1.29 is 18.0 Å². The molecule has 1 aromatic rings. The van der Waals surface area contributed by atoms with E-state index in [-0.39, 0.29) is 11.7 Å². The van der Waals surface area contributed by atoms with Crippen LogP contribution in [0.15, 0.2) is 18.3 Å². The van der Waals surface area contributed by atoms with Gasteiger partial charge in [0.15, 0.2) is 0 Å². The Balaban J connectivity index is 2.63. The molecular weight excluding hydrogens is 281 g/mol. The van der Waals surface area contributed by atoms with Crippen LogP contribution in [-0.2, 0) is 6.18 Å². The molecule has 1 rings (SSSR count). The number of hydrogen-bond acceptors (Lipinski definition) is 2. The van der Waals surface area contributed by atoms with Crippen LogP contribution in [0.2, 0.25) is 0 Å². The van der Waals surface area contributed by atoms with Crippen LogP contribution in [0.3, 0.4) is 0 Å². The number of nitrogens with zero attached hydrogens (tertiary/aromatic N) is 1. The summed E-state index contributed by atoms with van der Waals surface area (Å²) in [5.74, 6) is 0.00875. The molecule has 0 aliphatic heterocycles. The molecule has 0 aliphatic carbocycles. The lowest BCUT2D eigenvalue weighted by molar-refractivity contribution is -0.137. The summed E-state index contributed by atoms with van der Waals surface area (Å²) >= 11 is 5.53. The highest BCUT2D eigenvalue weighted by atomic mass is 35.5. The molecule has 0 fully saturated rings. The van der Waals surface area contributed by atoms with Gasteiger partial charge in [0.1, 0.15) is 5.69 Å². The van der Waals surface area contributed by atoms with E-state index in [1.807, 2.05) is 0 Å². The number of aromatic nitrogens is 1. The molecule has 0 radical (unpaired) electrons. The molecule has 1 atom stereocenters. The van der Waals surface area contributed by atoms with E-state index < -0.39 is 17.6 Å². The predicted octanol–water partition coefficient (Wildman–Crippen LogP) is 3.24. The zero-order valence-electron chi connectivity index (χ0n) is 10.3. The van der Waals surface area contributed by atoms with Crippen molar-refractivity contribution in [3.63, 3.8) is 0 Å². The second-order valence-electron chi connectivity index (χ2n) is 4.14. The zero-order valence-corrected chi connectivity index (χ0v) is 11.1. The van der Waals surface area contributed by atoms with Crippen LogP contribution in [0, 0.1) is 0 Å². The molecule has 1 N–H and O–H groups in total. The van der Waals surface area contributed by atoms with E-state index in [2.05, 4.69) is 10.3 Å². The van der Waals surface area contributed by atoms with Crippen molar-refractivity contribution in [1.82, 2.24) is 10.3 Å². The van der Waals surface area contributed by atoms with E-state index in [0.29, 0.717) is 18.5 Å². The van der Waals surface area contributed by atoms with Crippen molar-refractivity contribution in [3.05, 3.63) is 29.6 Å². The summed E-state index contributed by atoms with van der Waals surface area (Å²) < 4.78 is 37.0. The average Bonchev–Trinajstić information content (AvgIpc) is 2.35. The van der Waals surface area contributed by atoms with Crippen LogP contribution < -0.4 is 5.32 Å². The van der Waals surface area contributed by atoms with Gasteiger partial charge >= 0.3 is 6.18 Å². The molecule has 0 aliphatic rings. The molecule has 7 heteroatoms. The Morgan fingerprint density at radius 3 is 2.63 bits per heavy atom. The largest absolute Gasteiger partial charge is 0.417 e. The summed E-state index contributed by atoms with van der Waals surface area (Å²) in [6.07, 6.45) is -2.34. The SMILES string of the molecule is CC(CCCCl)NC(=O)c1ccc(C(F)(F)F)cn1. The summed E-state index contributed by atoms with van der Waals surface area (Å²) in [5, 5.41) is 2.65. The second kappa shape index (κ2) is 6.75. The van der Waals surface area contributed by atoms with Crippen molar-refractivity contribution >= 4 is 17.5 Å². The van der Waals surface area contributed by atoms with E-state index in [4.69, 9.17) is 11.6 Å². The highest BCUT2D eigenvalue weighted by Gasteiger charge is 2.30. The highest BCUT2D eigenvalue weighted by Crippen LogP contribution is 2.28. The third kappa shape index (κ3) is 5.06. The van der Waals surface area contributed by atoms with Crippen molar-refractivity contribution in [1.29, 1.82) is 0 Å². The monoisotopic (exact) mass is 294 g/mol. The fourth-order valence-electron chi connectivity index (χ4n) is 1.45. The first-order chi connectivity index (χ1) is 8.84. The molecule has 1 aromatic heterocycles. The summed E-state index contributed by atoms with van der Waals surface area (Å²) in [6, 6.07) is 1.80. The molecule has 1 heterocycles. The Hall–Kier alpha value is -1.30. The van der Waals surface area contributed by atoms with Crippen LogP contribution in [0.25, 0.3) is 0 Å². The van der Waals surface area contributed by atoms with E-state index in [1.165, 1.54) is 0 Å². The van der Waals surface area contributed by atoms with Crippen LogP contribution >= 0.6 is 11.6 Å². The lowest BCUT2D eigenvalue weighted by Crippen LogP contribution is -2.33. The van der Waals surface area contributed by atoms with Gasteiger partial charge in [-0.1, -0.05) is 0 Å². The molecule has 0 saturated carbocycles. The Morgan fingerprint density at radius 1 is 1.47 bits per heavy atom. The first-order valence-electron chi connectivity index (χ1n) is 5.74. The maximum absolute atomic E-state index is 12.3. The van der Waals surface area contributed by atoms with Crippen LogP contribution in [0.4, 0.5) is 13.2 Å². The molecule has 0 saturated heterocycles. The number of halogens is 4. The van der Waals surface area contributed by atoms with Crippen molar-refractivity contribution in [2.75, 3.05) is 5.88 Å². The van der Waals surface area contributed by atoms with Crippen molar-refractivity contribution in [2.24, 2.45) is 0 Å². The lowest BCUT2D eigenvalue weighted by Gasteiger charge is -2.13. The van der Waals surface area contributed by atoms with Gasteiger partial charge in [0, 0.05) is 18.1 Å². The summed E-state index contributed by atoms with van der Waals surface area (Å²) in [7, 11) is 0. The molecule has 3 nitrogen and oxygen atoms in total. The summed E-state index contributed by atoms with van der Waals surface area (Å²) in [4.78, 5) is 15.2. The predicted molar refractivity (Wildman–Crippen MR) is 66.1 cm³/mol. The number of amides is 1. The van der Waals surface area contributed by atoms with E-state index in [9.17, 15) is 18.0 Å². The molecular formula is C12H14ClF3N2O. The van der Waals surface area contributed by atoms with Crippen LogP contribution in [0.5, 0.6) is 0 Å². The zero-order chi connectivity index (χ0) is 14.5. The maximum atomic E-state index is 12.3. The van der Waals surface area contributed by atoms with Gasteiger partial charge in [0.25, 0.3) is 5.91 Å². The lowest BCUT2D eigenvalue weighted by atomic mass is 10.2. The Labute approximate surface area is 114 Å². The molecule has 106 valence electrons. The van der Waals surface area contributed by atoms with Gasteiger partial charge in [-0.25, -0.2) is 0 Å². The number of alkyl halides is 4. The van der Waals surface area contributed by atoms with Crippen LogP contribution in [0.1, 0.15) is 35.8 Å². The minimum absolute atomic E-state index is 0.0364. The smallest absolute Gasteiger partial charge is 0.348 e. The number of pyridine rings is 1. The number of carbonyl (C=O) groups is 1. The summed E-state index contributed by atoms with van der Waals surface area (Å²) in [6.45, 7) is 1.80. The molecule has 0 bridgehead atoms. The van der Waals surface area contributed by atoms with Crippen LogP contribution in [-0.4, -0.2) is 22.8 Å². The first-order valence-corrected chi connectivity index (χ1v) is 6.28. The molecule has 19 heavy (non-hydrogen) atoms. The van der Waals surface area contributed by atoms with E-state index in [0.717, 1.165) is 18.6 Å². The number of rotatable bonds is 5. The average molecular weight is 295 g/mol. The third-order valence-corrected chi connectivity index (χ3v) is 2.74. The fourth-order valence-corrected chi connectivity index (χ4v) is 1.60. The van der Waals surface area contributed by atoms with E-state index in [1.54, 1.807) is 6.92 Å². The first kappa shape index (κ1) is 15.8. The highest BCUT2D eigenvalue weighted by molar-refractivity contribution is 6.17. The molecule has 1 amide bonds. The van der Waals surface area contributed by atoms with Crippen molar-refractivity contribution in [2.45, 2.75) is 32.0 Å². The molecule has 0 aromatic carbocycles. The topological polar surface area (TPSA) is 42.0 Å². The Bertz CT molecular complexity index is 420. The molecule has 1 unspecified atom stereocenters. The van der Waals surface area contributed by atoms with Gasteiger partial charge in [0.05, 0.1) is 5.56 Å². The minimum Gasteiger partial charge on any atom is -0.348 e. The summed E-state index contributed by atoms with van der Waals surface area (Å²) in [5.41, 5.74) is -0.912. The van der Waals surface area contributed by atoms with Gasteiger partial charge in [0.2, 0.25) is 0 Å². The maximum Gasteiger partial charge on any atom is 0.417 e. The third-order valence-electron chi connectivity index (χ3n) is 2.47. The molecule has 0 spiro atoms. The van der Waals surface area contributed by atoms with Crippen molar-refractivity contribution in [3.8, 4) is 0 Å². The number of hydrogen-bond donors (Lipinski definition) is 1. The Morgan fingerprint density at radius 2 is 2.16 bits per heavy atom. The van der Waals surface area contributed by atoms with Gasteiger partial charge < -0.3 is 5.32 Å². The van der Waals surface area contributed by atoms with Gasteiger partial charge in [-0.2, -0.15) is 13.2 Å². The van der Waals surface area contributed by atoms with Gasteiger partial charge in [-0.05, 0) is 31.9 Å². The number of carbonyl (C=O) groups excluding carboxylic acids is 1. The van der Waals surface area contributed by atoms with E-state index >= 15 is 0 Å².